The molecular weight excluding hydrogens is 140 g/mol. The zero-order valence-electron chi connectivity index (χ0n) is 5.53. The average molecular weight is 148 g/mol. The molecular formula is C9H8S. The highest BCUT2D eigenvalue weighted by atomic mass is 32.2. The molecule has 0 aromatic heterocycles. The topological polar surface area (TPSA) is 0 Å². The number of hydrogen-bond acceptors (Lipinski definition) is 1. The summed E-state index contributed by atoms with van der Waals surface area (Å²) in [6, 6.07) is 0. The molecule has 50 valence electrons. The standard InChI is InChI=1S/C9H8S/c1-2-6-9-8(4-1)5-3-7-10-9/h1-7,9H. The third-order valence-corrected chi connectivity index (χ3v) is 2.64. The summed E-state index contributed by atoms with van der Waals surface area (Å²) in [7, 11) is 0. The van der Waals surface area contributed by atoms with Crippen LogP contribution in [0.2, 0.25) is 0 Å². The molecule has 0 fully saturated rings. The lowest BCUT2D eigenvalue weighted by Crippen LogP contribution is -2.03. The summed E-state index contributed by atoms with van der Waals surface area (Å²) >= 11 is 1.86. The Morgan fingerprint density at radius 1 is 1.20 bits per heavy atom. The number of fused-ring (bicyclic) bond motifs is 1. The van der Waals surface area contributed by atoms with Gasteiger partial charge in [0.25, 0.3) is 0 Å². The van der Waals surface area contributed by atoms with Crippen molar-refractivity contribution in [1.29, 1.82) is 0 Å². The first-order valence-electron chi connectivity index (χ1n) is 3.34. The van der Waals surface area contributed by atoms with E-state index in [0.29, 0.717) is 5.25 Å². The molecule has 10 heavy (non-hydrogen) atoms. The van der Waals surface area contributed by atoms with Gasteiger partial charge in [-0.2, -0.15) is 0 Å². The van der Waals surface area contributed by atoms with E-state index in [1.54, 1.807) is 0 Å². The van der Waals surface area contributed by atoms with Gasteiger partial charge in [-0.15, -0.1) is 11.8 Å². The molecule has 2 aliphatic rings. The molecule has 0 amide bonds. The van der Waals surface area contributed by atoms with Gasteiger partial charge in [0, 0.05) is 0 Å². The Kier molecular flexibility index (Phi) is 1.52. The van der Waals surface area contributed by atoms with Crippen LogP contribution in [0.5, 0.6) is 0 Å². The summed E-state index contributed by atoms with van der Waals surface area (Å²) in [5, 5.41) is 2.72. The van der Waals surface area contributed by atoms with Crippen LogP contribution in [-0.2, 0) is 0 Å². The van der Waals surface area contributed by atoms with E-state index >= 15 is 0 Å². The van der Waals surface area contributed by atoms with Crippen molar-refractivity contribution in [3.05, 3.63) is 47.4 Å². The first kappa shape index (κ1) is 6.05. The van der Waals surface area contributed by atoms with Gasteiger partial charge in [0.2, 0.25) is 0 Å². The Morgan fingerprint density at radius 2 is 2.20 bits per heavy atom. The monoisotopic (exact) mass is 148 g/mol. The fourth-order valence-corrected chi connectivity index (χ4v) is 1.93. The molecule has 0 aromatic carbocycles. The van der Waals surface area contributed by atoms with E-state index in [2.05, 4.69) is 41.9 Å². The van der Waals surface area contributed by atoms with Crippen LogP contribution in [0.25, 0.3) is 0 Å². The van der Waals surface area contributed by atoms with Crippen molar-refractivity contribution in [2.75, 3.05) is 0 Å². The van der Waals surface area contributed by atoms with Crippen LogP contribution >= 0.6 is 11.8 Å². The minimum atomic E-state index is 0.579. The number of allylic oxidation sites excluding steroid dienone is 5. The fourth-order valence-electron chi connectivity index (χ4n) is 1.09. The molecule has 0 radical (unpaired) electrons. The lowest BCUT2D eigenvalue weighted by molar-refractivity contribution is 1.28. The molecule has 0 saturated carbocycles. The molecule has 0 nitrogen and oxygen atoms in total. The third-order valence-electron chi connectivity index (χ3n) is 1.61. The summed E-state index contributed by atoms with van der Waals surface area (Å²) < 4.78 is 0. The lowest BCUT2D eigenvalue weighted by Gasteiger charge is -2.16. The van der Waals surface area contributed by atoms with Gasteiger partial charge in [-0.3, -0.25) is 0 Å². The second kappa shape index (κ2) is 2.51. The molecule has 1 heteroatoms. The number of hydrogen-bond donors (Lipinski definition) is 0. The van der Waals surface area contributed by atoms with Crippen molar-refractivity contribution in [1.82, 2.24) is 0 Å². The zero-order chi connectivity index (χ0) is 6.81. The maximum absolute atomic E-state index is 2.22. The Balaban J connectivity index is 2.34. The highest BCUT2D eigenvalue weighted by Crippen LogP contribution is 2.28. The van der Waals surface area contributed by atoms with Crippen molar-refractivity contribution >= 4 is 11.8 Å². The molecule has 1 atom stereocenters. The first-order chi connectivity index (χ1) is 4.97. The molecule has 1 heterocycles. The SMILES string of the molecule is C1=CSC2C=CC=CC2=C1. The minimum absolute atomic E-state index is 0.579. The summed E-state index contributed by atoms with van der Waals surface area (Å²) in [5.41, 5.74) is 1.41. The highest BCUT2D eigenvalue weighted by molar-refractivity contribution is 8.03. The maximum atomic E-state index is 2.22. The van der Waals surface area contributed by atoms with E-state index in [1.165, 1.54) is 5.57 Å². The van der Waals surface area contributed by atoms with E-state index in [-0.39, 0.29) is 0 Å². The molecule has 2 rings (SSSR count). The van der Waals surface area contributed by atoms with Crippen molar-refractivity contribution < 1.29 is 0 Å². The average Bonchev–Trinajstić information content (AvgIpc) is 2.05. The van der Waals surface area contributed by atoms with Crippen molar-refractivity contribution in [2.24, 2.45) is 0 Å². The first-order valence-corrected chi connectivity index (χ1v) is 4.28. The summed E-state index contributed by atoms with van der Waals surface area (Å²) in [4.78, 5) is 0. The van der Waals surface area contributed by atoms with Gasteiger partial charge in [0.05, 0.1) is 5.25 Å². The molecule has 0 aromatic rings. The normalized spacial score (nSPS) is 28.0. The molecule has 0 spiro atoms. The molecule has 1 aliphatic heterocycles. The van der Waals surface area contributed by atoms with Gasteiger partial charge < -0.3 is 0 Å². The Labute approximate surface area is 65.0 Å². The Bertz CT molecular complexity index is 243. The smallest absolute Gasteiger partial charge is 0.0521 e. The quantitative estimate of drug-likeness (QED) is 0.509. The lowest BCUT2D eigenvalue weighted by atomic mass is 10.1. The van der Waals surface area contributed by atoms with E-state index in [9.17, 15) is 0 Å². The van der Waals surface area contributed by atoms with Crippen LogP contribution in [0.4, 0.5) is 0 Å². The summed E-state index contributed by atoms with van der Waals surface area (Å²) in [5.74, 6) is 0. The third kappa shape index (κ3) is 0.971. The molecule has 1 unspecified atom stereocenters. The number of rotatable bonds is 0. The largest absolute Gasteiger partial charge is 0.122 e. The number of thioether (sulfide) groups is 1. The van der Waals surface area contributed by atoms with Crippen LogP contribution in [0.1, 0.15) is 0 Å². The Morgan fingerprint density at radius 3 is 3.10 bits per heavy atom. The van der Waals surface area contributed by atoms with Crippen molar-refractivity contribution in [2.45, 2.75) is 5.25 Å². The predicted octanol–water partition coefficient (Wildman–Crippen LogP) is 2.67. The van der Waals surface area contributed by atoms with Crippen LogP contribution in [0.15, 0.2) is 47.4 Å². The molecule has 0 bridgehead atoms. The maximum Gasteiger partial charge on any atom is 0.0521 e. The van der Waals surface area contributed by atoms with Crippen molar-refractivity contribution in [3.63, 3.8) is 0 Å². The second-order valence-corrected chi connectivity index (χ2v) is 3.35. The molecule has 0 N–H and O–H groups in total. The summed E-state index contributed by atoms with van der Waals surface area (Å²) in [6.45, 7) is 0. The van der Waals surface area contributed by atoms with E-state index in [0.717, 1.165) is 0 Å². The fraction of sp³-hybridized carbons (Fsp3) is 0.111. The van der Waals surface area contributed by atoms with Gasteiger partial charge in [-0.1, -0.05) is 36.5 Å². The van der Waals surface area contributed by atoms with E-state index < -0.39 is 0 Å². The zero-order valence-corrected chi connectivity index (χ0v) is 6.34. The predicted molar refractivity (Wildman–Crippen MR) is 46.9 cm³/mol. The van der Waals surface area contributed by atoms with Gasteiger partial charge in [-0.05, 0) is 11.0 Å². The molecule has 1 aliphatic carbocycles. The molecule has 0 saturated heterocycles. The second-order valence-electron chi connectivity index (χ2n) is 2.30. The van der Waals surface area contributed by atoms with Crippen molar-refractivity contribution in [3.8, 4) is 0 Å². The van der Waals surface area contributed by atoms with Gasteiger partial charge in [-0.25, -0.2) is 0 Å². The van der Waals surface area contributed by atoms with Gasteiger partial charge in [0.1, 0.15) is 0 Å². The summed E-state index contributed by atoms with van der Waals surface area (Å²) in [6.07, 6.45) is 12.8. The van der Waals surface area contributed by atoms with Crippen LogP contribution in [0, 0.1) is 0 Å². The van der Waals surface area contributed by atoms with E-state index in [1.807, 2.05) is 11.8 Å². The van der Waals surface area contributed by atoms with E-state index in [4.69, 9.17) is 0 Å². The Hall–Kier alpha value is -0.690. The van der Waals surface area contributed by atoms with Gasteiger partial charge in [0.15, 0.2) is 0 Å². The van der Waals surface area contributed by atoms with Crippen LogP contribution in [0.3, 0.4) is 0 Å². The van der Waals surface area contributed by atoms with Crippen LogP contribution < -0.4 is 0 Å². The minimum Gasteiger partial charge on any atom is -0.122 e. The highest BCUT2D eigenvalue weighted by Gasteiger charge is 2.11. The van der Waals surface area contributed by atoms with Crippen LogP contribution in [-0.4, -0.2) is 5.25 Å². The van der Waals surface area contributed by atoms with Gasteiger partial charge >= 0.3 is 0 Å².